The van der Waals surface area contributed by atoms with Crippen molar-refractivity contribution in [2.45, 2.75) is 0 Å². The molecular weight excluding hydrogens is 432 g/mol. The van der Waals surface area contributed by atoms with Crippen LogP contribution in [0, 0.1) is 0 Å². The van der Waals surface area contributed by atoms with Crippen molar-refractivity contribution in [1.82, 2.24) is 15.2 Å². The van der Waals surface area contributed by atoms with Crippen molar-refractivity contribution >= 4 is 32.6 Å². The maximum atomic E-state index is 12.6. The molecule has 0 spiro atoms. The van der Waals surface area contributed by atoms with Gasteiger partial charge < -0.3 is 15.0 Å². The number of para-hydroxylation sites is 2. The zero-order chi connectivity index (χ0) is 22.5. The van der Waals surface area contributed by atoms with Gasteiger partial charge in [0.1, 0.15) is 11.5 Å². The molecule has 0 radical (unpaired) electrons. The summed E-state index contributed by atoms with van der Waals surface area (Å²) < 4.78 is 7.07. The average Bonchev–Trinajstić information content (AvgIpc) is 3.30. The summed E-state index contributed by atoms with van der Waals surface area (Å²) >= 11 is 1.75. The molecule has 7 heteroatoms. The van der Waals surface area contributed by atoms with E-state index in [-0.39, 0.29) is 5.91 Å². The fraction of sp³-hybridized carbons (Fsp3) is 0.231. The van der Waals surface area contributed by atoms with E-state index in [1.54, 1.807) is 17.4 Å². The number of nitrogens with zero attached hydrogens (tertiary/aromatic N) is 3. The zero-order valence-corrected chi connectivity index (χ0v) is 19.1. The smallest absolute Gasteiger partial charge is 0.251 e. The Kier molecular flexibility index (Phi) is 6.51. The molecule has 5 rings (SSSR count). The number of nitrogens with one attached hydrogen (secondary N) is 1. The number of anilines is 1. The molecule has 2 heterocycles. The number of carbonyl (C=O) groups is 1. The molecule has 0 bridgehead atoms. The Morgan fingerprint density at radius 2 is 1.67 bits per heavy atom. The summed E-state index contributed by atoms with van der Waals surface area (Å²) in [7, 11) is 0. The van der Waals surface area contributed by atoms with Crippen molar-refractivity contribution in [1.29, 1.82) is 0 Å². The maximum Gasteiger partial charge on any atom is 0.251 e. The van der Waals surface area contributed by atoms with Crippen LogP contribution in [0.2, 0.25) is 0 Å². The first kappa shape index (κ1) is 21.4. The SMILES string of the molecule is O=C(NCCN1CCN(c2nc3ccccc3s2)CC1)c1cccc(Oc2ccccc2)c1. The lowest BCUT2D eigenvalue weighted by atomic mass is 10.2. The molecule has 1 aromatic heterocycles. The first-order valence-corrected chi connectivity index (χ1v) is 12.0. The van der Waals surface area contributed by atoms with Crippen LogP contribution in [0.3, 0.4) is 0 Å². The van der Waals surface area contributed by atoms with Gasteiger partial charge in [0.15, 0.2) is 5.13 Å². The first-order valence-electron chi connectivity index (χ1n) is 11.2. The van der Waals surface area contributed by atoms with Crippen molar-refractivity contribution in [2.24, 2.45) is 0 Å². The summed E-state index contributed by atoms with van der Waals surface area (Å²) in [4.78, 5) is 22.1. The lowest BCUT2D eigenvalue weighted by molar-refractivity contribution is 0.0947. The van der Waals surface area contributed by atoms with Crippen LogP contribution in [0.25, 0.3) is 10.2 Å². The zero-order valence-electron chi connectivity index (χ0n) is 18.3. The summed E-state index contributed by atoms with van der Waals surface area (Å²) in [6, 6.07) is 25.1. The number of aromatic nitrogens is 1. The Labute approximate surface area is 197 Å². The third-order valence-corrected chi connectivity index (χ3v) is 6.81. The fourth-order valence-corrected chi connectivity index (χ4v) is 4.93. The molecule has 4 aromatic rings. The molecule has 0 aliphatic carbocycles. The average molecular weight is 459 g/mol. The predicted octanol–water partition coefficient (Wildman–Crippen LogP) is 4.64. The molecule has 1 aliphatic heterocycles. The van der Waals surface area contributed by atoms with E-state index in [0.29, 0.717) is 17.9 Å². The Morgan fingerprint density at radius 3 is 2.48 bits per heavy atom. The van der Waals surface area contributed by atoms with Crippen LogP contribution in [0.15, 0.2) is 78.9 Å². The van der Waals surface area contributed by atoms with E-state index in [1.165, 1.54) is 4.70 Å². The molecule has 0 atom stereocenters. The summed E-state index contributed by atoms with van der Waals surface area (Å²) in [5, 5.41) is 4.14. The third-order valence-electron chi connectivity index (χ3n) is 5.71. The Bertz CT molecular complexity index is 1190. The molecule has 1 aliphatic rings. The molecule has 0 unspecified atom stereocenters. The highest BCUT2D eigenvalue weighted by Crippen LogP contribution is 2.29. The highest BCUT2D eigenvalue weighted by molar-refractivity contribution is 7.22. The summed E-state index contributed by atoms with van der Waals surface area (Å²) in [5.41, 5.74) is 1.67. The van der Waals surface area contributed by atoms with E-state index in [2.05, 4.69) is 33.3 Å². The number of ether oxygens (including phenoxy) is 1. The molecule has 1 N–H and O–H groups in total. The van der Waals surface area contributed by atoms with Gasteiger partial charge in [-0.1, -0.05) is 47.7 Å². The highest BCUT2D eigenvalue weighted by atomic mass is 32.1. The number of piperazine rings is 1. The van der Waals surface area contributed by atoms with Crippen molar-refractivity contribution in [2.75, 3.05) is 44.2 Å². The van der Waals surface area contributed by atoms with Gasteiger partial charge in [-0.05, 0) is 42.5 Å². The minimum Gasteiger partial charge on any atom is -0.457 e. The van der Waals surface area contributed by atoms with Gasteiger partial charge in [0.2, 0.25) is 0 Å². The number of benzene rings is 3. The lowest BCUT2D eigenvalue weighted by Crippen LogP contribution is -2.48. The molecule has 168 valence electrons. The Hall–Kier alpha value is -3.42. The second kappa shape index (κ2) is 10.0. The predicted molar refractivity (Wildman–Crippen MR) is 134 cm³/mol. The van der Waals surface area contributed by atoms with E-state index < -0.39 is 0 Å². The van der Waals surface area contributed by atoms with Crippen LogP contribution in [-0.4, -0.2) is 55.1 Å². The van der Waals surface area contributed by atoms with Crippen LogP contribution in [0.5, 0.6) is 11.5 Å². The number of hydrogen-bond acceptors (Lipinski definition) is 6. The molecule has 3 aromatic carbocycles. The summed E-state index contributed by atoms with van der Waals surface area (Å²) in [5.74, 6) is 1.32. The van der Waals surface area contributed by atoms with Crippen LogP contribution < -0.4 is 15.0 Å². The minimum absolute atomic E-state index is 0.0818. The van der Waals surface area contributed by atoms with Gasteiger partial charge >= 0.3 is 0 Å². The van der Waals surface area contributed by atoms with Gasteiger partial charge in [0, 0.05) is 44.8 Å². The second-order valence-electron chi connectivity index (χ2n) is 7.99. The molecular formula is C26H26N4O2S. The van der Waals surface area contributed by atoms with Crippen molar-refractivity contribution in [3.63, 3.8) is 0 Å². The molecule has 33 heavy (non-hydrogen) atoms. The van der Waals surface area contributed by atoms with Gasteiger partial charge in [-0.3, -0.25) is 9.69 Å². The van der Waals surface area contributed by atoms with Crippen LogP contribution >= 0.6 is 11.3 Å². The van der Waals surface area contributed by atoms with E-state index in [9.17, 15) is 4.79 Å². The van der Waals surface area contributed by atoms with E-state index >= 15 is 0 Å². The van der Waals surface area contributed by atoms with Crippen LogP contribution in [0.1, 0.15) is 10.4 Å². The Balaban J connectivity index is 1.08. The second-order valence-corrected chi connectivity index (χ2v) is 9.00. The van der Waals surface area contributed by atoms with E-state index in [0.717, 1.165) is 49.1 Å². The normalized spacial score (nSPS) is 14.4. The summed E-state index contributed by atoms with van der Waals surface area (Å²) in [6.07, 6.45) is 0. The van der Waals surface area contributed by atoms with Gasteiger partial charge in [0.05, 0.1) is 10.2 Å². The van der Waals surface area contributed by atoms with Crippen LogP contribution in [0.4, 0.5) is 5.13 Å². The largest absolute Gasteiger partial charge is 0.457 e. The monoisotopic (exact) mass is 458 g/mol. The first-order chi connectivity index (χ1) is 16.2. The van der Waals surface area contributed by atoms with Crippen molar-refractivity contribution in [3.8, 4) is 11.5 Å². The van der Waals surface area contributed by atoms with E-state index in [4.69, 9.17) is 9.72 Å². The van der Waals surface area contributed by atoms with Crippen LogP contribution in [-0.2, 0) is 0 Å². The molecule has 6 nitrogen and oxygen atoms in total. The quantitative estimate of drug-likeness (QED) is 0.437. The number of rotatable bonds is 7. The molecule has 1 saturated heterocycles. The van der Waals surface area contributed by atoms with E-state index in [1.807, 2.05) is 54.6 Å². The number of amides is 1. The maximum absolute atomic E-state index is 12.6. The van der Waals surface area contributed by atoms with Gasteiger partial charge in [0.25, 0.3) is 5.91 Å². The fourth-order valence-electron chi connectivity index (χ4n) is 3.91. The number of hydrogen-bond donors (Lipinski definition) is 1. The molecule has 1 amide bonds. The lowest BCUT2D eigenvalue weighted by Gasteiger charge is -2.34. The van der Waals surface area contributed by atoms with Crippen molar-refractivity contribution < 1.29 is 9.53 Å². The molecule has 1 fully saturated rings. The highest BCUT2D eigenvalue weighted by Gasteiger charge is 2.19. The molecule has 0 saturated carbocycles. The standard InChI is InChI=1S/C26H26N4O2S/c31-25(20-7-6-10-22(19-20)32-21-8-2-1-3-9-21)27-13-14-29-15-17-30(18-16-29)26-28-23-11-4-5-12-24(23)33-26/h1-12,19H,13-18H2,(H,27,31). The summed E-state index contributed by atoms with van der Waals surface area (Å²) in [6.45, 7) is 5.28. The van der Waals surface area contributed by atoms with Gasteiger partial charge in [-0.25, -0.2) is 4.98 Å². The Morgan fingerprint density at radius 1 is 0.909 bits per heavy atom. The number of carbonyl (C=O) groups excluding carboxylic acids is 1. The third kappa shape index (κ3) is 5.32. The van der Waals surface area contributed by atoms with Gasteiger partial charge in [-0.2, -0.15) is 0 Å². The van der Waals surface area contributed by atoms with Gasteiger partial charge in [-0.15, -0.1) is 0 Å². The topological polar surface area (TPSA) is 57.7 Å². The number of thiazole rings is 1. The minimum atomic E-state index is -0.0818. The van der Waals surface area contributed by atoms with Crippen molar-refractivity contribution in [3.05, 3.63) is 84.4 Å². The number of fused-ring (bicyclic) bond motifs is 1.